The lowest BCUT2D eigenvalue weighted by Gasteiger charge is -2.21. The quantitative estimate of drug-likeness (QED) is 0.807. The summed E-state index contributed by atoms with van der Waals surface area (Å²) in [5.74, 6) is 1.05. The Morgan fingerprint density at radius 3 is 2.47 bits per heavy atom. The summed E-state index contributed by atoms with van der Waals surface area (Å²) in [4.78, 5) is 11.0. The van der Waals surface area contributed by atoms with E-state index in [0.717, 1.165) is 36.2 Å². The molecule has 0 bridgehead atoms. The molecule has 0 aliphatic carbocycles. The van der Waals surface area contributed by atoms with E-state index >= 15 is 0 Å². The summed E-state index contributed by atoms with van der Waals surface area (Å²) in [7, 11) is 0. The van der Waals surface area contributed by atoms with Crippen molar-refractivity contribution in [2.24, 2.45) is 0 Å². The van der Waals surface area contributed by atoms with Gasteiger partial charge >= 0.3 is 0 Å². The summed E-state index contributed by atoms with van der Waals surface area (Å²) in [5.41, 5.74) is 2.36. The Morgan fingerprint density at radius 1 is 1.06 bits per heavy atom. The molecular formula is C14H19N3. The van der Waals surface area contributed by atoms with Gasteiger partial charge in [0.1, 0.15) is 12.1 Å². The number of aryl methyl sites for hydroxylation is 1. The van der Waals surface area contributed by atoms with Gasteiger partial charge < -0.3 is 4.90 Å². The number of aromatic nitrogens is 2. The van der Waals surface area contributed by atoms with Crippen LogP contribution in [0.1, 0.15) is 26.3 Å². The number of hydrogen-bond acceptors (Lipinski definition) is 3. The molecule has 2 aromatic rings. The third-order valence-electron chi connectivity index (χ3n) is 3.15. The smallest absolute Gasteiger partial charge is 0.139 e. The molecular weight excluding hydrogens is 210 g/mol. The highest BCUT2D eigenvalue weighted by Crippen LogP contribution is 2.23. The molecule has 0 saturated carbocycles. The van der Waals surface area contributed by atoms with Crippen LogP contribution in [0.2, 0.25) is 0 Å². The van der Waals surface area contributed by atoms with E-state index in [-0.39, 0.29) is 0 Å². The fourth-order valence-corrected chi connectivity index (χ4v) is 2.09. The molecule has 90 valence electrons. The van der Waals surface area contributed by atoms with E-state index in [1.54, 1.807) is 6.33 Å². The molecule has 0 radical (unpaired) electrons. The van der Waals surface area contributed by atoms with Gasteiger partial charge in [-0.05, 0) is 38.0 Å². The van der Waals surface area contributed by atoms with Crippen LogP contribution < -0.4 is 4.90 Å². The predicted octanol–water partition coefficient (Wildman–Crippen LogP) is 3.04. The number of nitrogens with zero attached hydrogens (tertiary/aromatic N) is 3. The lowest BCUT2D eigenvalue weighted by molar-refractivity contribution is 0.848. The maximum Gasteiger partial charge on any atom is 0.139 e. The number of hydrogen-bond donors (Lipinski definition) is 0. The highest BCUT2D eigenvalue weighted by molar-refractivity contribution is 5.89. The Labute approximate surface area is 103 Å². The van der Waals surface area contributed by atoms with Gasteiger partial charge in [-0.3, -0.25) is 0 Å². The number of anilines is 1. The van der Waals surface area contributed by atoms with Gasteiger partial charge in [-0.2, -0.15) is 0 Å². The van der Waals surface area contributed by atoms with E-state index in [0.29, 0.717) is 0 Å². The Balaban J connectivity index is 2.61. The minimum atomic E-state index is 0.971. The lowest BCUT2D eigenvalue weighted by Crippen LogP contribution is -2.23. The summed E-state index contributed by atoms with van der Waals surface area (Å²) in [6.07, 6.45) is 2.70. The largest absolute Gasteiger partial charge is 0.357 e. The first-order chi connectivity index (χ1) is 8.30. The van der Waals surface area contributed by atoms with Crippen LogP contribution in [0.4, 0.5) is 5.82 Å². The van der Waals surface area contributed by atoms with E-state index in [4.69, 9.17) is 0 Å². The third-order valence-corrected chi connectivity index (χ3v) is 3.15. The minimum absolute atomic E-state index is 0.971. The highest BCUT2D eigenvalue weighted by atomic mass is 15.2. The zero-order chi connectivity index (χ0) is 12.3. The Hall–Kier alpha value is -1.64. The van der Waals surface area contributed by atoms with E-state index in [1.165, 1.54) is 5.56 Å². The van der Waals surface area contributed by atoms with Crippen LogP contribution in [0.15, 0.2) is 24.5 Å². The van der Waals surface area contributed by atoms with Crippen LogP contribution in [0.25, 0.3) is 10.9 Å². The summed E-state index contributed by atoms with van der Waals surface area (Å²) in [5, 5.41) is 1.16. The second-order valence-corrected chi connectivity index (χ2v) is 4.07. The zero-order valence-corrected chi connectivity index (χ0v) is 10.8. The second kappa shape index (κ2) is 5.13. The van der Waals surface area contributed by atoms with Crippen molar-refractivity contribution in [2.75, 3.05) is 18.0 Å². The van der Waals surface area contributed by atoms with Crippen LogP contribution in [-0.4, -0.2) is 23.1 Å². The van der Waals surface area contributed by atoms with E-state index < -0.39 is 0 Å². The molecule has 0 amide bonds. The molecule has 3 nitrogen and oxygen atoms in total. The zero-order valence-electron chi connectivity index (χ0n) is 10.8. The van der Waals surface area contributed by atoms with Crippen molar-refractivity contribution >= 4 is 16.7 Å². The minimum Gasteiger partial charge on any atom is -0.357 e. The first-order valence-electron chi connectivity index (χ1n) is 6.28. The van der Waals surface area contributed by atoms with Crippen LogP contribution in [0.3, 0.4) is 0 Å². The van der Waals surface area contributed by atoms with Crippen molar-refractivity contribution in [1.82, 2.24) is 9.97 Å². The molecule has 17 heavy (non-hydrogen) atoms. The molecule has 0 saturated heterocycles. The fourth-order valence-electron chi connectivity index (χ4n) is 2.09. The Bertz CT molecular complexity index is 504. The molecule has 1 aromatic carbocycles. The van der Waals surface area contributed by atoms with Crippen molar-refractivity contribution in [2.45, 2.75) is 27.2 Å². The van der Waals surface area contributed by atoms with E-state index in [9.17, 15) is 0 Å². The number of fused-ring (bicyclic) bond motifs is 1. The van der Waals surface area contributed by atoms with Crippen LogP contribution in [0, 0.1) is 0 Å². The molecule has 0 aliphatic rings. The average Bonchev–Trinajstić information content (AvgIpc) is 2.40. The predicted molar refractivity (Wildman–Crippen MR) is 72.5 cm³/mol. The van der Waals surface area contributed by atoms with Crippen LogP contribution >= 0.6 is 0 Å². The third kappa shape index (κ3) is 2.23. The topological polar surface area (TPSA) is 29.0 Å². The standard InChI is InChI=1S/C14H19N3/c1-4-11-7-8-13-12(9-11)14(16-10-15-13)17(5-2)6-3/h7-10H,4-6H2,1-3H3. The number of benzene rings is 1. The van der Waals surface area contributed by atoms with Gasteiger partial charge in [-0.1, -0.05) is 13.0 Å². The van der Waals surface area contributed by atoms with Crippen molar-refractivity contribution in [1.29, 1.82) is 0 Å². The van der Waals surface area contributed by atoms with Gasteiger partial charge in [0.2, 0.25) is 0 Å². The summed E-state index contributed by atoms with van der Waals surface area (Å²) in [6, 6.07) is 6.44. The SMILES string of the molecule is CCc1ccc2ncnc(N(CC)CC)c2c1. The van der Waals surface area contributed by atoms with Gasteiger partial charge in [0.25, 0.3) is 0 Å². The van der Waals surface area contributed by atoms with Crippen LogP contribution in [0.5, 0.6) is 0 Å². The Morgan fingerprint density at radius 2 is 1.82 bits per heavy atom. The van der Waals surface area contributed by atoms with Crippen molar-refractivity contribution in [3.05, 3.63) is 30.1 Å². The van der Waals surface area contributed by atoms with Crippen molar-refractivity contribution < 1.29 is 0 Å². The molecule has 0 atom stereocenters. The molecule has 0 N–H and O–H groups in total. The average molecular weight is 229 g/mol. The maximum absolute atomic E-state index is 4.44. The molecule has 1 aromatic heterocycles. The molecule has 3 heteroatoms. The van der Waals surface area contributed by atoms with Gasteiger partial charge in [0, 0.05) is 18.5 Å². The molecule has 0 fully saturated rings. The second-order valence-electron chi connectivity index (χ2n) is 4.07. The van der Waals surface area contributed by atoms with Gasteiger partial charge in [-0.25, -0.2) is 9.97 Å². The number of rotatable bonds is 4. The molecule has 0 unspecified atom stereocenters. The normalized spacial score (nSPS) is 10.8. The first kappa shape index (κ1) is 11.8. The van der Waals surface area contributed by atoms with Gasteiger partial charge in [0.05, 0.1) is 5.52 Å². The molecule has 2 rings (SSSR count). The molecule has 0 spiro atoms. The van der Waals surface area contributed by atoms with E-state index in [2.05, 4.69) is 53.8 Å². The molecule has 0 aliphatic heterocycles. The van der Waals surface area contributed by atoms with E-state index in [1.807, 2.05) is 0 Å². The van der Waals surface area contributed by atoms with Gasteiger partial charge in [-0.15, -0.1) is 0 Å². The highest BCUT2D eigenvalue weighted by Gasteiger charge is 2.09. The summed E-state index contributed by atoms with van der Waals surface area (Å²) in [6.45, 7) is 8.42. The van der Waals surface area contributed by atoms with Gasteiger partial charge in [0.15, 0.2) is 0 Å². The summed E-state index contributed by atoms with van der Waals surface area (Å²) >= 11 is 0. The monoisotopic (exact) mass is 229 g/mol. The van der Waals surface area contributed by atoms with Crippen molar-refractivity contribution in [3.63, 3.8) is 0 Å². The molecule has 1 heterocycles. The van der Waals surface area contributed by atoms with Crippen LogP contribution in [-0.2, 0) is 6.42 Å². The lowest BCUT2D eigenvalue weighted by atomic mass is 10.1. The van der Waals surface area contributed by atoms with Crippen molar-refractivity contribution in [3.8, 4) is 0 Å². The maximum atomic E-state index is 4.44. The fraction of sp³-hybridized carbons (Fsp3) is 0.429. The Kier molecular flexibility index (Phi) is 3.57. The first-order valence-corrected chi connectivity index (χ1v) is 6.28. The summed E-state index contributed by atoms with van der Waals surface area (Å²) < 4.78 is 0.